The Hall–Kier alpha value is -3.00. The first kappa shape index (κ1) is 22.7. The molecule has 1 amide bonds. The van der Waals surface area contributed by atoms with Crippen molar-refractivity contribution in [2.45, 2.75) is 24.9 Å². The average Bonchev–Trinajstić information content (AvgIpc) is 2.78. The van der Waals surface area contributed by atoms with E-state index < -0.39 is 10.0 Å². The molecule has 0 fully saturated rings. The number of nitrogens with zero attached hydrogens (tertiary/aromatic N) is 1. The molecular formula is C24H26N2O4S. The first-order chi connectivity index (χ1) is 14.9. The van der Waals surface area contributed by atoms with Gasteiger partial charge in [-0.3, -0.25) is 4.79 Å². The van der Waals surface area contributed by atoms with Gasteiger partial charge in [0.1, 0.15) is 0 Å². The minimum Gasteiger partial charge on any atom is -0.395 e. The minimum atomic E-state index is -3.80. The summed E-state index contributed by atoms with van der Waals surface area (Å²) in [5.74, 6) is -0.324. The molecule has 7 heteroatoms. The standard InChI is InChI=1S/C24H26N2O4S/c1-19-12-13-22(31(29,30)25-17-20-8-4-2-5-9-20)16-23(19)24(28)26(14-15-27)18-21-10-6-3-7-11-21/h2-13,16,25,27H,14-15,17-18H2,1H3. The molecule has 0 aromatic heterocycles. The fourth-order valence-corrected chi connectivity index (χ4v) is 4.25. The van der Waals surface area contributed by atoms with Crippen LogP contribution in [0, 0.1) is 6.92 Å². The van der Waals surface area contributed by atoms with Crippen LogP contribution >= 0.6 is 0 Å². The summed E-state index contributed by atoms with van der Waals surface area (Å²) in [6.45, 7) is 2.21. The van der Waals surface area contributed by atoms with Crippen LogP contribution in [0.5, 0.6) is 0 Å². The molecule has 0 bridgehead atoms. The van der Waals surface area contributed by atoms with Crippen molar-refractivity contribution in [2.24, 2.45) is 0 Å². The molecule has 0 unspecified atom stereocenters. The van der Waals surface area contributed by atoms with Crippen molar-refractivity contribution < 1.29 is 18.3 Å². The van der Waals surface area contributed by atoms with Crippen LogP contribution in [-0.2, 0) is 23.1 Å². The molecule has 0 aliphatic rings. The Kier molecular flexibility index (Phi) is 7.57. The van der Waals surface area contributed by atoms with Crippen molar-refractivity contribution in [1.82, 2.24) is 9.62 Å². The first-order valence-electron chi connectivity index (χ1n) is 9.99. The van der Waals surface area contributed by atoms with Crippen LogP contribution in [0.1, 0.15) is 27.0 Å². The fourth-order valence-electron chi connectivity index (χ4n) is 3.20. The van der Waals surface area contributed by atoms with Crippen LogP contribution in [0.25, 0.3) is 0 Å². The minimum absolute atomic E-state index is 0.0287. The molecule has 0 aliphatic carbocycles. The molecule has 0 saturated heterocycles. The molecule has 2 N–H and O–H groups in total. The number of hydrogen-bond acceptors (Lipinski definition) is 4. The highest BCUT2D eigenvalue weighted by Gasteiger charge is 2.21. The van der Waals surface area contributed by atoms with E-state index in [1.807, 2.05) is 60.7 Å². The lowest BCUT2D eigenvalue weighted by molar-refractivity contribution is 0.0707. The third kappa shape index (κ3) is 6.01. The molecule has 31 heavy (non-hydrogen) atoms. The van der Waals surface area contributed by atoms with Gasteiger partial charge in [-0.25, -0.2) is 13.1 Å². The van der Waals surface area contributed by atoms with Gasteiger partial charge in [-0.15, -0.1) is 0 Å². The highest BCUT2D eigenvalue weighted by molar-refractivity contribution is 7.89. The van der Waals surface area contributed by atoms with Crippen molar-refractivity contribution in [1.29, 1.82) is 0 Å². The Morgan fingerprint density at radius 2 is 1.55 bits per heavy atom. The fraction of sp³-hybridized carbons (Fsp3) is 0.208. The van der Waals surface area contributed by atoms with E-state index in [2.05, 4.69) is 4.72 Å². The van der Waals surface area contributed by atoms with E-state index in [0.29, 0.717) is 17.7 Å². The summed E-state index contributed by atoms with van der Waals surface area (Å²) in [4.78, 5) is 14.8. The van der Waals surface area contributed by atoms with Gasteiger partial charge >= 0.3 is 0 Å². The number of carbonyl (C=O) groups excluding carboxylic acids is 1. The summed E-state index contributed by atoms with van der Waals surface area (Å²) in [7, 11) is -3.80. The number of hydrogen-bond donors (Lipinski definition) is 2. The van der Waals surface area contributed by atoms with E-state index >= 15 is 0 Å². The van der Waals surface area contributed by atoms with Crippen LogP contribution in [0.3, 0.4) is 0 Å². The zero-order chi connectivity index (χ0) is 22.3. The average molecular weight is 439 g/mol. The molecule has 0 heterocycles. The van der Waals surface area contributed by atoms with Crippen LogP contribution in [0.4, 0.5) is 0 Å². The molecule has 3 aromatic carbocycles. The largest absolute Gasteiger partial charge is 0.395 e. The molecule has 162 valence electrons. The van der Waals surface area contributed by atoms with Gasteiger partial charge in [0, 0.05) is 25.2 Å². The summed E-state index contributed by atoms with van der Waals surface area (Å²) in [6.07, 6.45) is 0. The van der Waals surface area contributed by atoms with E-state index in [0.717, 1.165) is 11.1 Å². The van der Waals surface area contributed by atoms with Crippen LogP contribution < -0.4 is 4.72 Å². The number of sulfonamides is 1. The maximum atomic E-state index is 13.2. The normalized spacial score (nSPS) is 11.3. The monoisotopic (exact) mass is 438 g/mol. The van der Waals surface area contributed by atoms with Crippen LogP contribution in [0.2, 0.25) is 0 Å². The Bertz CT molecular complexity index is 1120. The second-order valence-electron chi connectivity index (χ2n) is 7.22. The van der Waals surface area contributed by atoms with Gasteiger partial charge in [0.05, 0.1) is 11.5 Å². The number of carbonyl (C=O) groups is 1. The van der Waals surface area contributed by atoms with Gasteiger partial charge in [0.15, 0.2) is 0 Å². The number of benzene rings is 3. The van der Waals surface area contributed by atoms with Crippen molar-refractivity contribution in [3.8, 4) is 0 Å². The molecular weight excluding hydrogens is 412 g/mol. The third-order valence-corrected chi connectivity index (χ3v) is 6.33. The third-order valence-electron chi connectivity index (χ3n) is 4.93. The van der Waals surface area contributed by atoms with Crippen molar-refractivity contribution in [3.63, 3.8) is 0 Å². The molecule has 3 aromatic rings. The number of nitrogens with one attached hydrogen (secondary N) is 1. The summed E-state index contributed by atoms with van der Waals surface area (Å²) >= 11 is 0. The Labute approximate surface area is 183 Å². The number of rotatable bonds is 9. The summed E-state index contributed by atoms with van der Waals surface area (Å²) in [5.41, 5.74) is 2.73. The van der Waals surface area contributed by atoms with E-state index in [4.69, 9.17) is 0 Å². The molecule has 0 radical (unpaired) electrons. The summed E-state index contributed by atoms with van der Waals surface area (Å²) in [6, 6.07) is 23.2. The lowest BCUT2D eigenvalue weighted by atomic mass is 10.1. The molecule has 0 spiro atoms. The maximum Gasteiger partial charge on any atom is 0.254 e. The highest BCUT2D eigenvalue weighted by atomic mass is 32.2. The SMILES string of the molecule is Cc1ccc(S(=O)(=O)NCc2ccccc2)cc1C(=O)N(CCO)Cc1ccccc1. The molecule has 6 nitrogen and oxygen atoms in total. The zero-order valence-electron chi connectivity index (χ0n) is 17.4. The lowest BCUT2D eigenvalue weighted by Crippen LogP contribution is -2.34. The second-order valence-corrected chi connectivity index (χ2v) is 8.99. The van der Waals surface area contributed by atoms with E-state index in [9.17, 15) is 18.3 Å². The van der Waals surface area contributed by atoms with Crippen LogP contribution in [-0.4, -0.2) is 37.5 Å². The van der Waals surface area contributed by atoms with Crippen molar-refractivity contribution in [3.05, 3.63) is 101 Å². The van der Waals surface area contributed by atoms with Gasteiger partial charge in [0.2, 0.25) is 10.0 Å². The van der Waals surface area contributed by atoms with Gasteiger partial charge in [0.25, 0.3) is 5.91 Å². The van der Waals surface area contributed by atoms with Crippen molar-refractivity contribution >= 4 is 15.9 Å². The van der Waals surface area contributed by atoms with Gasteiger partial charge in [-0.1, -0.05) is 66.7 Å². The quantitative estimate of drug-likeness (QED) is 0.538. The number of aliphatic hydroxyl groups excluding tert-OH is 1. The smallest absolute Gasteiger partial charge is 0.254 e. The Balaban J connectivity index is 1.83. The first-order valence-corrected chi connectivity index (χ1v) is 11.5. The predicted octanol–water partition coefficient (Wildman–Crippen LogP) is 3.11. The second kappa shape index (κ2) is 10.3. The summed E-state index contributed by atoms with van der Waals surface area (Å²) < 4.78 is 28.2. The van der Waals surface area contributed by atoms with Crippen molar-refractivity contribution in [2.75, 3.05) is 13.2 Å². The predicted molar refractivity (Wildman–Crippen MR) is 120 cm³/mol. The molecule has 3 rings (SSSR count). The molecule has 0 saturated carbocycles. The van der Waals surface area contributed by atoms with Gasteiger partial charge in [-0.2, -0.15) is 0 Å². The lowest BCUT2D eigenvalue weighted by Gasteiger charge is -2.23. The Morgan fingerprint density at radius 3 is 2.16 bits per heavy atom. The van der Waals surface area contributed by atoms with Gasteiger partial charge < -0.3 is 10.0 Å². The van der Waals surface area contributed by atoms with Gasteiger partial charge in [-0.05, 0) is 35.7 Å². The van der Waals surface area contributed by atoms with E-state index in [-0.39, 0.29) is 30.5 Å². The number of aliphatic hydroxyl groups is 1. The Morgan fingerprint density at radius 1 is 0.935 bits per heavy atom. The topological polar surface area (TPSA) is 86.7 Å². The van der Waals surface area contributed by atoms with E-state index in [1.54, 1.807) is 13.0 Å². The zero-order valence-corrected chi connectivity index (χ0v) is 18.2. The number of aryl methyl sites for hydroxylation is 1. The highest BCUT2D eigenvalue weighted by Crippen LogP contribution is 2.19. The summed E-state index contributed by atoms with van der Waals surface area (Å²) in [5, 5.41) is 9.44. The van der Waals surface area contributed by atoms with Crippen LogP contribution in [0.15, 0.2) is 83.8 Å². The van der Waals surface area contributed by atoms with E-state index in [1.165, 1.54) is 17.0 Å². The number of amides is 1. The molecule has 0 atom stereocenters. The molecule has 0 aliphatic heterocycles. The maximum absolute atomic E-state index is 13.2.